The van der Waals surface area contributed by atoms with Crippen molar-refractivity contribution >= 4 is 37.2 Å². The Morgan fingerprint density at radius 2 is 1.62 bits per heavy atom. The van der Waals surface area contributed by atoms with Crippen molar-refractivity contribution < 1.29 is 29.3 Å². The molecule has 0 bridgehead atoms. The Labute approximate surface area is 103 Å². The molecule has 0 aromatic carbocycles. The fraction of sp³-hybridized carbons (Fsp3) is 0.500. The molecule has 0 aromatic heterocycles. The van der Waals surface area contributed by atoms with Crippen LogP contribution in [0.15, 0.2) is 11.8 Å². The molecule has 8 heteroatoms. The van der Waals surface area contributed by atoms with Gasteiger partial charge in [-0.05, 0) is 13.0 Å². The van der Waals surface area contributed by atoms with Crippen LogP contribution in [0.3, 0.4) is 0 Å². The Hall–Kier alpha value is -0.860. The van der Waals surface area contributed by atoms with Crippen LogP contribution in [0.25, 0.3) is 0 Å². The highest BCUT2D eigenvalue weighted by Crippen LogP contribution is 2.19. The zero-order valence-corrected chi connectivity index (χ0v) is 10.2. The second-order valence-corrected chi connectivity index (χ2v) is 3.15. The van der Waals surface area contributed by atoms with Crippen LogP contribution in [0.4, 0.5) is 0 Å². The van der Waals surface area contributed by atoms with E-state index in [1.54, 1.807) is 0 Å². The van der Waals surface area contributed by atoms with E-state index in [9.17, 15) is 19.8 Å². The lowest BCUT2D eigenvalue weighted by atomic mass is 10.4. The van der Waals surface area contributed by atoms with Gasteiger partial charge in [0.1, 0.15) is 0 Å². The van der Waals surface area contributed by atoms with E-state index in [0.717, 1.165) is 6.08 Å². The lowest BCUT2D eigenvalue weighted by molar-refractivity contribution is -0.312. The number of allylic oxidation sites excluding steroid dienone is 1. The zero-order chi connectivity index (χ0) is 12.8. The van der Waals surface area contributed by atoms with Crippen LogP contribution in [-0.4, -0.2) is 39.6 Å². The Bertz CT molecular complexity index is 283. The molecule has 0 unspecified atom stereocenters. The van der Waals surface area contributed by atoms with E-state index in [0.29, 0.717) is 0 Å². The van der Waals surface area contributed by atoms with Gasteiger partial charge in [-0.3, -0.25) is 9.59 Å². The third-order valence-electron chi connectivity index (χ3n) is 1.36. The molecule has 0 heterocycles. The highest BCUT2D eigenvalue weighted by Gasteiger charge is 2.41. The van der Waals surface area contributed by atoms with Crippen molar-refractivity contribution in [3.63, 3.8) is 0 Å². The van der Waals surface area contributed by atoms with Crippen LogP contribution in [0.2, 0.25) is 0 Å². The second kappa shape index (κ2) is 6.66. The molecule has 16 heavy (non-hydrogen) atoms. The average molecular weight is 268 g/mol. The Kier molecular flexibility index (Phi) is 6.31. The van der Waals surface area contributed by atoms with Gasteiger partial charge in [0.2, 0.25) is 5.76 Å². The largest absolute Gasteiger partial charge is 0.503 e. The summed E-state index contributed by atoms with van der Waals surface area (Å²) in [5.74, 6) is -6.28. The van der Waals surface area contributed by atoms with E-state index in [4.69, 9.17) is 0 Å². The first-order chi connectivity index (χ1) is 7.39. The molecule has 0 aliphatic heterocycles. The van der Waals surface area contributed by atoms with Gasteiger partial charge in [-0.25, -0.2) is 0 Å². The molecule has 0 saturated carbocycles. The third-order valence-corrected chi connectivity index (χ3v) is 1.88. The van der Waals surface area contributed by atoms with E-state index < -0.39 is 23.7 Å². The van der Waals surface area contributed by atoms with Crippen LogP contribution in [-0.2, 0) is 19.1 Å². The van der Waals surface area contributed by atoms with E-state index in [2.05, 4.69) is 34.7 Å². The number of carbonyl (C=O) groups excluding carboxylic acids is 2. The Morgan fingerprint density at radius 1 is 1.25 bits per heavy atom. The number of rotatable bonds is 5. The number of esters is 2. The number of thiol groups is 2. The van der Waals surface area contributed by atoms with Gasteiger partial charge in [0.25, 0.3) is 0 Å². The predicted octanol–water partition coefficient (Wildman–Crippen LogP) is 0.0403. The molecule has 2 N–H and O–H groups in total. The Morgan fingerprint density at radius 3 is 1.88 bits per heavy atom. The fourth-order valence-electron chi connectivity index (χ4n) is 0.681. The molecule has 0 amide bonds. The Balaban J connectivity index is 4.89. The summed E-state index contributed by atoms with van der Waals surface area (Å²) in [5, 5.41) is 18.9. The minimum absolute atomic E-state index is 0.349. The van der Waals surface area contributed by atoms with Crippen molar-refractivity contribution in [2.75, 3.05) is 11.5 Å². The monoisotopic (exact) mass is 268 g/mol. The molecular weight excluding hydrogens is 256 g/mol. The minimum Gasteiger partial charge on any atom is -0.503 e. The van der Waals surface area contributed by atoms with Gasteiger partial charge in [-0.1, -0.05) is 0 Å². The molecular formula is C8H12O6S2. The summed E-state index contributed by atoms with van der Waals surface area (Å²) in [5.41, 5.74) is 0. The van der Waals surface area contributed by atoms with E-state index in [1.807, 2.05) is 0 Å². The summed E-state index contributed by atoms with van der Waals surface area (Å²) in [4.78, 5) is 21.8. The summed E-state index contributed by atoms with van der Waals surface area (Å²) < 4.78 is 8.71. The normalized spacial score (nSPS) is 12.1. The lowest BCUT2D eigenvalue weighted by Crippen LogP contribution is -2.42. The molecule has 0 atom stereocenters. The molecule has 0 spiro atoms. The van der Waals surface area contributed by atoms with Gasteiger partial charge < -0.3 is 19.7 Å². The van der Waals surface area contributed by atoms with Gasteiger partial charge in [0.05, 0.1) is 11.5 Å². The number of hydrogen-bond acceptors (Lipinski definition) is 8. The van der Waals surface area contributed by atoms with Crippen molar-refractivity contribution in [1.29, 1.82) is 0 Å². The minimum atomic E-state index is -2.83. The standard InChI is InChI=1S/C8H12O6S2/c1-2-5(9)8(12,13-6(10)3-15)14-7(11)4-16/h2,9,12,15-16H,3-4H2,1H3. The number of aliphatic hydroxyl groups is 2. The summed E-state index contributed by atoms with van der Waals surface area (Å²) in [6, 6.07) is 0. The molecule has 0 aliphatic rings. The second-order valence-electron chi connectivity index (χ2n) is 2.52. The van der Waals surface area contributed by atoms with Crippen molar-refractivity contribution in [2.24, 2.45) is 0 Å². The SMILES string of the molecule is CC=C(O)C(O)(OC(=O)CS)OC(=O)CS. The van der Waals surface area contributed by atoms with Crippen molar-refractivity contribution in [1.82, 2.24) is 0 Å². The molecule has 0 saturated heterocycles. The van der Waals surface area contributed by atoms with Crippen LogP contribution in [0.1, 0.15) is 6.92 Å². The fourth-order valence-corrected chi connectivity index (χ4v) is 0.810. The van der Waals surface area contributed by atoms with Crippen LogP contribution >= 0.6 is 25.3 Å². The smallest absolute Gasteiger partial charge is 0.436 e. The summed E-state index contributed by atoms with van der Waals surface area (Å²) in [6.45, 7) is 1.35. The van der Waals surface area contributed by atoms with Crippen LogP contribution in [0, 0.1) is 0 Å². The molecule has 0 rings (SSSR count). The highest BCUT2D eigenvalue weighted by atomic mass is 32.1. The number of aliphatic hydroxyl groups excluding tert-OH is 1. The van der Waals surface area contributed by atoms with Gasteiger partial charge in [-0.2, -0.15) is 25.3 Å². The highest BCUT2D eigenvalue weighted by molar-refractivity contribution is 7.81. The lowest BCUT2D eigenvalue weighted by Gasteiger charge is -2.25. The predicted molar refractivity (Wildman–Crippen MR) is 61.2 cm³/mol. The molecule has 0 aromatic rings. The first-order valence-corrected chi connectivity index (χ1v) is 5.39. The van der Waals surface area contributed by atoms with Gasteiger partial charge >= 0.3 is 17.9 Å². The van der Waals surface area contributed by atoms with Crippen molar-refractivity contribution in [3.8, 4) is 0 Å². The molecule has 6 nitrogen and oxygen atoms in total. The number of carbonyl (C=O) groups is 2. The van der Waals surface area contributed by atoms with Gasteiger partial charge in [-0.15, -0.1) is 0 Å². The quantitative estimate of drug-likeness (QED) is 0.243. The van der Waals surface area contributed by atoms with Gasteiger partial charge in [0, 0.05) is 0 Å². The zero-order valence-electron chi connectivity index (χ0n) is 8.41. The third kappa shape index (κ3) is 4.33. The average Bonchev–Trinajstić information content (AvgIpc) is 2.27. The van der Waals surface area contributed by atoms with E-state index in [1.165, 1.54) is 6.92 Å². The topological polar surface area (TPSA) is 93.1 Å². The summed E-state index contributed by atoms with van der Waals surface area (Å²) >= 11 is 7.19. The first-order valence-electron chi connectivity index (χ1n) is 4.13. The maximum atomic E-state index is 10.9. The summed E-state index contributed by atoms with van der Waals surface area (Å²) in [7, 11) is 0. The molecule has 0 radical (unpaired) electrons. The van der Waals surface area contributed by atoms with Gasteiger partial charge in [0.15, 0.2) is 0 Å². The maximum Gasteiger partial charge on any atom is 0.436 e. The number of ether oxygens (including phenoxy) is 2. The van der Waals surface area contributed by atoms with Crippen LogP contribution < -0.4 is 0 Å². The van der Waals surface area contributed by atoms with E-state index >= 15 is 0 Å². The molecule has 0 aliphatic carbocycles. The van der Waals surface area contributed by atoms with E-state index in [-0.39, 0.29) is 11.5 Å². The molecule has 0 fully saturated rings. The van der Waals surface area contributed by atoms with Crippen molar-refractivity contribution in [2.45, 2.75) is 12.9 Å². The van der Waals surface area contributed by atoms with Crippen LogP contribution in [0.5, 0.6) is 0 Å². The number of hydrogen-bond donors (Lipinski definition) is 4. The van der Waals surface area contributed by atoms with Crippen molar-refractivity contribution in [3.05, 3.63) is 11.8 Å². The molecule has 92 valence electrons. The first kappa shape index (κ1) is 15.1. The maximum absolute atomic E-state index is 10.9. The summed E-state index contributed by atoms with van der Waals surface area (Å²) in [6.07, 6.45) is 1.01.